The molecule has 0 saturated heterocycles. The first-order chi connectivity index (χ1) is 15.7. The minimum Gasteiger partial charge on any atom is -0.493 e. The number of nitrogens with one attached hydrogen (secondary N) is 2. The maximum Gasteiger partial charge on any atom is 0.251 e. The molecule has 0 atom stereocenters. The predicted molar refractivity (Wildman–Crippen MR) is 127 cm³/mol. The third-order valence-electron chi connectivity index (χ3n) is 5.59. The van der Waals surface area contributed by atoms with Gasteiger partial charge in [-0.1, -0.05) is 49.7 Å². The van der Waals surface area contributed by atoms with Crippen molar-refractivity contribution in [3.63, 3.8) is 0 Å². The van der Waals surface area contributed by atoms with Crippen molar-refractivity contribution in [2.45, 2.75) is 52.1 Å². The summed E-state index contributed by atoms with van der Waals surface area (Å²) in [6.07, 6.45) is 4.80. The highest BCUT2D eigenvalue weighted by atomic mass is 16.5. The van der Waals surface area contributed by atoms with Gasteiger partial charge in [-0.25, -0.2) is 0 Å². The fourth-order valence-corrected chi connectivity index (χ4v) is 3.86. The summed E-state index contributed by atoms with van der Waals surface area (Å²) < 4.78 is 6.13. The van der Waals surface area contributed by atoms with Gasteiger partial charge in [0, 0.05) is 37.3 Å². The van der Waals surface area contributed by atoms with E-state index in [2.05, 4.69) is 34.6 Å². The molecule has 0 aliphatic carbocycles. The summed E-state index contributed by atoms with van der Waals surface area (Å²) in [5, 5.41) is 6.06. The zero-order valence-electron chi connectivity index (χ0n) is 19.1. The molecule has 3 rings (SSSR count). The minimum absolute atomic E-state index is 0.00697. The molecular formula is C26H35N3O3. The quantitative estimate of drug-likeness (QED) is 0.673. The van der Waals surface area contributed by atoms with Crippen molar-refractivity contribution < 1.29 is 14.3 Å². The van der Waals surface area contributed by atoms with E-state index in [-0.39, 0.29) is 18.4 Å². The Bertz CT molecular complexity index is 870. The Labute approximate surface area is 191 Å². The van der Waals surface area contributed by atoms with Crippen LogP contribution in [0.5, 0.6) is 5.75 Å². The van der Waals surface area contributed by atoms with Crippen molar-refractivity contribution in [2.75, 3.05) is 26.2 Å². The minimum atomic E-state index is -0.0904. The second kappa shape index (κ2) is 12.9. The molecule has 1 heterocycles. The fraction of sp³-hybridized carbons (Fsp3) is 0.462. The Morgan fingerprint density at radius 1 is 1.06 bits per heavy atom. The van der Waals surface area contributed by atoms with Crippen LogP contribution in [-0.2, 0) is 17.9 Å². The highest BCUT2D eigenvalue weighted by Crippen LogP contribution is 2.26. The van der Waals surface area contributed by atoms with E-state index in [0.717, 1.165) is 49.0 Å². The molecule has 0 unspecified atom stereocenters. The van der Waals surface area contributed by atoms with Crippen molar-refractivity contribution in [3.8, 4) is 5.75 Å². The van der Waals surface area contributed by atoms with Crippen LogP contribution < -0.4 is 15.4 Å². The van der Waals surface area contributed by atoms with E-state index >= 15 is 0 Å². The second-order valence-corrected chi connectivity index (χ2v) is 8.28. The highest BCUT2D eigenvalue weighted by Gasteiger charge is 2.21. The lowest BCUT2D eigenvalue weighted by molar-refractivity contribution is -0.122. The lowest BCUT2D eigenvalue weighted by Gasteiger charge is -2.24. The van der Waals surface area contributed by atoms with E-state index in [1.165, 1.54) is 0 Å². The third kappa shape index (κ3) is 7.38. The van der Waals surface area contributed by atoms with Crippen LogP contribution in [0, 0.1) is 0 Å². The van der Waals surface area contributed by atoms with Gasteiger partial charge in [0.2, 0.25) is 5.91 Å². The van der Waals surface area contributed by atoms with Gasteiger partial charge >= 0.3 is 0 Å². The van der Waals surface area contributed by atoms with Crippen LogP contribution in [0.15, 0.2) is 48.5 Å². The second-order valence-electron chi connectivity index (χ2n) is 8.28. The molecule has 2 amide bonds. The number of hydrogen-bond donors (Lipinski definition) is 2. The summed E-state index contributed by atoms with van der Waals surface area (Å²) in [6, 6.07) is 15.7. The molecule has 0 bridgehead atoms. The maximum absolute atomic E-state index is 13.0. The van der Waals surface area contributed by atoms with Crippen LogP contribution in [0.1, 0.15) is 60.5 Å². The van der Waals surface area contributed by atoms with Gasteiger partial charge in [-0.15, -0.1) is 0 Å². The summed E-state index contributed by atoms with van der Waals surface area (Å²) in [6.45, 7) is 5.35. The average Bonchev–Trinajstić information content (AvgIpc) is 2.81. The summed E-state index contributed by atoms with van der Waals surface area (Å²) in [5.41, 5.74) is 2.58. The number of nitrogens with zero attached hydrogens (tertiary/aromatic N) is 1. The third-order valence-corrected chi connectivity index (χ3v) is 5.59. The molecule has 0 radical (unpaired) electrons. The largest absolute Gasteiger partial charge is 0.493 e. The lowest BCUT2D eigenvalue weighted by atomic mass is 10.0. The average molecular weight is 438 g/mol. The SMILES string of the molecule is CCCCNC(=O)c1cccc2c1CN(Cc1ccccc1)CC(=O)NCCCCCO2. The number of ether oxygens (including phenoxy) is 1. The normalized spacial score (nSPS) is 15.8. The van der Waals surface area contributed by atoms with Gasteiger partial charge < -0.3 is 15.4 Å². The molecule has 6 heteroatoms. The zero-order valence-corrected chi connectivity index (χ0v) is 19.1. The van der Waals surface area contributed by atoms with E-state index < -0.39 is 0 Å². The molecule has 1 aliphatic heterocycles. The monoisotopic (exact) mass is 437 g/mol. The van der Waals surface area contributed by atoms with Gasteiger partial charge in [0.25, 0.3) is 5.91 Å². The van der Waals surface area contributed by atoms with Crippen LogP contribution >= 0.6 is 0 Å². The molecule has 1 aliphatic rings. The van der Waals surface area contributed by atoms with Crippen LogP contribution in [0.2, 0.25) is 0 Å². The lowest BCUT2D eigenvalue weighted by Crippen LogP contribution is -2.37. The topological polar surface area (TPSA) is 70.7 Å². The van der Waals surface area contributed by atoms with Gasteiger partial charge in [0.1, 0.15) is 5.75 Å². The van der Waals surface area contributed by atoms with Crippen LogP contribution in [0.3, 0.4) is 0 Å². The van der Waals surface area contributed by atoms with Crippen molar-refractivity contribution in [1.29, 1.82) is 0 Å². The number of carbonyl (C=O) groups is 2. The van der Waals surface area contributed by atoms with E-state index in [9.17, 15) is 9.59 Å². The molecule has 0 aromatic heterocycles. The zero-order chi connectivity index (χ0) is 22.6. The predicted octanol–water partition coefficient (Wildman–Crippen LogP) is 3.90. The Kier molecular flexibility index (Phi) is 9.57. The van der Waals surface area contributed by atoms with Gasteiger partial charge in [-0.2, -0.15) is 0 Å². The molecular weight excluding hydrogens is 402 g/mol. The van der Waals surface area contributed by atoms with Crippen molar-refractivity contribution in [3.05, 3.63) is 65.2 Å². The van der Waals surface area contributed by atoms with Crippen LogP contribution in [0.4, 0.5) is 0 Å². The standard InChI is InChI=1S/C26H35N3O3/c1-2-3-15-28-26(31)22-13-10-14-24-23(22)19-29(18-21-11-6-4-7-12-21)20-25(30)27-16-8-5-9-17-32-24/h4,6-7,10-14H,2-3,5,8-9,15-20H2,1H3,(H,27,30)(H,28,31). The smallest absolute Gasteiger partial charge is 0.251 e. The Balaban J connectivity index is 1.91. The summed E-state index contributed by atoms with van der Waals surface area (Å²) in [5.74, 6) is 0.644. The van der Waals surface area contributed by atoms with Gasteiger partial charge in [0.05, 0.1) is 13.2 Å². The molecule has 6 nitrogen and oxygen atoms in total. The molecule has 0 fully saturated rings. The Morgan fingerprint density at radius 2 is 1.91 bits per heavy atom. The van der Waals surface area contributed by atoms with Crippen LogP contribution in [-0.4, -0.2) is 43.0 Å². The summed E-state index contributed by atoms with van der Waals surface area (Å²) in [7, 11) is 0. The Hall–Kier alpha value is -2.86. The first-order valence-corrected chi connectivity index (χ1v) is 11.7. The number of carbonyl (C=O) groups excluding carboxylic acids is 2. The number of fused-ring (bicyclic) bond motifs is 1. The molecule has 2 N–H and O–H groups in total. The van der Waals surface area contributed by atoms with Crippen molar-refractivity contribution in [2.24, 2.45) is 0 Å². The molecule has 2 aromatic carbocycles. The number of hydrogen-bond acceptors (Lipinski definition) is 4. The first-order valence-electron chi connectivity index (χ1n) is 11.7. The first kappa shape index (κ1) is 23.8. The molecule has 0 spiro atoms. The number of unbranched alkanes of at least 4 members (excludes halogenated alkanes) is 1. The summed E-state index contributed by atoms with van der Waals surface area (Å²) in [4.78, 5) is 27.7. The number of benzene rings is 2. The Morgan fingerprint density at radius 3 is 2.72 bits per heavy atom. The fourth-order valence-electron chi connectivity index (χ4n) is 3.86. The van der Waals surface area contributed by atoms with E-state index in [1.54, 1.807) is 0 Å². The van der Waals surface area contributed by atoms with E-state index in [1.807, 2.05) is 36.4 Å². The molecule has 172 valence electrons. The van der Waals surface area contributed by atoms with Crippen LogP contribution in [0.25, 0.3) is 0 Å². The maximum atomic E-state index is 13.0. The van der Waals surface area contributed by atoms with E-state index in [4.69, 9.17) is 4.74 Å². The number of amides is 2. The van der Waals surface area contributed by atoms with Crippen molar-refractivity contribution in [1.82, 2.24) is 15.5 Å². The van der Waals surface area contributed by atoms with Gasteiger partial charge in [-0.05, 0) is 43.4 Å². The molecule has 0 saturated carbocycles. The highest BCUT2D eigenvalue weighted by molar-refractivity contribution is 5.96. The summed E-state index contributed by atoms with van der Waals surface area (Å²) >= 11 is 0. The van der Waals surface area contributed by atoms with Crippen molar-refractivity contribution >= 4 is 11.8 Å². The van der Waals surface area contributed by atoms with Gasteiger partial charge in [0.15, 0.2) is 0 Å². The molecule has 2 aromatic rings. The number of rotatable bonds is 6. The van der Waals surface area contributed by atoms with E-state index in [0.29, 0.717) is 38.3 Å². The molecule has 32 heavy (non-hydrogen) atoms. The van der Waals surface area contributed by atoms with Gasteiger partial charge in [-0.3, -0.25) is 14.5 Å².